The minimum absolute atomic E-state index is 0. The molecule has 0 aromatic carbocycles. The molecule has 0 saturated carbocycles. The van der Waals surface area contributed by atoms with Crippen molar-refractivity contribution >= 4 is 19.8 Å². The van der Waals surface area contributed by atoms with Gasteiger partial charge in [0, 0.05) is 21.3 Å². The fourth-order valence-electron chi connectivity index (χ4n) is 0.500. The highest BCUT2D eigenvalue weighted by atomic mass is 28.4. The Morgan fingerprint density at radius 2 is 1.36 bits per heavy atom. The molecule has 0 fully saturated rings. The van der Waals surface area contributed by atoms with Crippen molar-refractivity contribution in [1.82, 2.24) is 0 Å². The molecule has 0 bridgehead atoms. The average Bonchev–Trinajstić information content (AvgIpc) is 1.95. The molecule has 0 N–H and O–H groups in total. The van der Waals surface area contributed by atoms with Crippen molar-refractivity contribution < 1.29 is 13.3 Å². The van der Waals surface area contributed by atoms with Crippen LogP contribution in [-0.2, 0) is 13.3 Å². The fraction of sp³-hybridized carbons (Fsp3) is 0.667. The average molecular weight is 196 g/mol. The van der Waals surface area contributed by atoms with Gasteiger partial charge in [-0.2, -0.15) is 0 Å². The predicted octanol–water partition coefficient (Wildman–Crippen LogP) is -0.226. The van der Waals surface area contributed by atoms with Crippen LogP contribution in [-0.4, -0.2) is 41.1 Å². The molecule has 0 amide bonds. The Morgan fingerprint density at radius 1 is 1.09 bits per heavy atom. The van der Waals surface area contributed by atoms with E-state index in [0.29, 0.717) is 0 Å². The van der Waals surface area contributed by atoms with Crippen LogP contribution in [0.25, 0.3) is 0 Å². The summed E-state index contributed by atoms with van der Waals surface area (Å²) >= 11 is 0. The molecule has 0 spiro atoms. The molecule has 0 heterocycles. The Labute approximate surface area is 74.7 Å². The van der Waals surface area contributed by atoms with Crippen molar-refractivity contribution in [3.63, 3.8) is 0 Å². The molecule has 0 saturated heterocycles. The van der Waals surface area contributed by atoms with Gasteiger partial charge in [-0.1, -0.05) is 14.0 Å². The van der Waals surface area contributed by atoms with Crippen LogP contribution in [0.3, 0.4) is 0 Å². The van der Waals surface area contributed by atoms with Crippen LogP contribution < -0.4 is 0 Å². The molecule has 5 heteroatoms. The van der Waals surface area contributed by atoms with E-state index in [9.17, 15) is 0 Å². The third-order valence-corrected chi connectivity index (χ3v) is 3.31. The maximum absolute atomic E-state index is 4.96. The third kappa shape index (κ3) is 4.49. The lowest BCUT2D eigenvalue weighted by Crippen LogP contribution is -2.40. The van der Waals surface area contributed by atoms with Crippen LogP contribution >= 0.6 is 0 Å². The minimum atomic E-state index is -2.43. The Morgan fingerprint density at radius 3 is 1.36 bits per heavy atom. The quantitative estimate of drug-likeness (QED) is 0.582. The third-order valence-electron chi connectivity index (χ3n) is 1.10. The maximum Gasteiger partial charge on any atom is 0.528 e. The zero-order valence-corrected chi connectivity index (χ0v) is 7.01. The van der Waals surface area contributed by atoms with Crippen LogP contribution in [0, 0.1) is 0 Å². The number of rotatable bonds is 4. The van der Waals surface area contributed by atoms with Crippen molar-refractivity contribution in [2.24, 2.45) is 0 Å². The Balaban J connectivity index is -0.000000320. The van der Waals surface area contributed by atoms with E-state index in [4.69, 9.17) is 13.3 Å². The first-order valence-electron chi connectivity index (χ1n) is 2.53. The van der Waals surface area contributed by atoms with Crippen LogP contribution in [0.15, 0.2) is 12.3 Å². The van der Waals surface area contributed by atoms with Crippen molar-refractivity contribution in [1.29, 1.82) is 0 Å². The lowest BCUT2D eigenvalue weighted by atomic mass is 11.3. The standard InChI is InChI=1S/C5H12O3Si.CH4.H4Si/c1-5-9(6-2,7-3)8-4;;/h5H,1H2,2-4H3;2*1H4. The summed E-state index contributed by atoms with van der Waals surface area (Å²) in [5.74, 6) is 0. The minimum Gasteiger partial charge on any atom is -0.374 e. The van der Waals surface area contributed by atoms with Gasteiger partial charge in [0.2, 0.25) is 0 Å². The molecular formula is C6H20O3Si2. The molecule has 0 aromatic heterocycles. The summed E-state index contributed by atoms with van der Waals surface area (Å²) < 4.78 is 14.9. The van der Waals surface area contributed by atoms with Gasteiger partial charge in [0.15, 0.2) is 0 Å². The van der Waals surface area contributed by atoms with Gasteiger partial charge >= 0.3 is 8.80 Å². The molecule has 0 radical (unpaired) electrons. The van der Waals surface area contributed by atoms with Crippen LogP contribution in [0.5, 0.6) is 0 Å². The summed E-state index contributed by atoms with van der Waals surface area (Å²) in [5.41, 5.74) is 1.58. The first-order valence-corrected chi connectivity index (χ1v) is 4.34. The van der Waals surface area contributed by atoms with Crippen LogP contribution in [0.1, 0.15) is 7.43 Å². The largest absolute Gasteiger partial charge is 0.528 e. The topological polar surface area (TPSA) is 27.7 Å². The Bertz CT molecular complexity index is 85.6. The second kappa shape index (κ2) is 8.15. The summed E-state index contributed by atoms with van der Waals surface area (Å²) in [6.07, 6.45) is 0. The molecule has 0 unspecified atom stereocenters. The smallest absolute Gasteiger partial charge is 0.374 e. The van der Waals surface area contributed by atoms with E-state index < -0.39 is 8.80 Å². The zero-order valence-electron chi connectivity index (χ0n) is 6.01. The summed E-state index contributed by atoms with van der Waals surface area (Å²) in [5, 5.41) is 0. The van der Waals surface area contributed by atoms with Crippen molar-refractivity contribution in [3.8, 4) is 0 Å². The molecule has 3 nitrogen and oxygen atoms in total. The molecule has 11 heavy (non-hydrogen) atoms. The Kier molecular flexibility index (Phi) is 12.8. The number of hydrogen-bond donors (Lipinski definition) is 0. The lowest BCUT2D eigenvalue weighted by Gasteiger charge is -2.19. The highest BCUT2D eigenvalue weighted by Crippen LogP contribution is 2.04. The molecule has 0 atom stereocenters. The number of hydrogen-bond acceptors (Lipinski definition) is 3. The van der Waals surface area contributed by atoms with Crippen molar-refractivity contribution in [3.05, 3.63) is 12.3 Å². The lowest BCUT2D eigenvalue weighted by molar-refractivity contribution is 0.138. The normalized spacial score (nSPS) is 9.36. The van der Waals surface area contributed by atoms with Gasteiger partial charge in [0.25, 0.3) is 0 Å². The van der Waals surface area contributed by atoms with Gasteiger partial charge in [-0.25, -0.2) is 0 Å². The van der Waals surface area contributed by atoms with E-state index in [1.807, 2.05) is 0 Å². The van der Waals surface area contributed by atoms with E-state index >= 15 is 0 Å². The van der Waals surface area contributed by atoms with Crippen molar-refractivity contribution in [2.75, 3.05) is 21.3 Å². The van der Waals surface area contributed by atoms with Gasteiger partial charge in [-0.3, -0.25) is 0 Å². The monoisotopic (exact) mass is 196 g/mol. The van der Waals surface area contributed by atoms with E-state index in [-0.39, 0.29) is 18.4 Å². The molecule has 0 aliphatic heterocycles. The molecule has 70 valence electrons. The second-order valence-electron chi connectivity index (χ2n) is 1.42. The summed E-state index contributed by atoms with van der Waals surface area (Å²) in [6.45, 7) is 3.53. The second-order valence-corrected chi connectivity index (χ2v) is 4.26. The van der Waals surface area contributed by atoms with Crippen LogP contribution in [0.4, 0.5) is 0 Å². The van der Waals surface area contributed by atoms with E-state index in [1.165, 1.54) is 0 Å². The van der Waals surface area contributed by atoms with Crippen LogP contribution in [0.2, 0.25) is 0 Å². The summed E-state index contributed by atoms with van der Waals surface area (Å²) in [7, 11) is 2.20. The van der Waals surface area contributed by atoms with Gasteiger partial charge in [-0.05, 0) is 16.7 Å². The van der Waals surface area contributed by atoms with E-state index in [1.54, 1.807) is 27.0 Å². The van der Waals surface area contributed by atoms with Gasteiger partial charge in [-0.15, -0.1) is 0 Å². The molecule has 0 aromatic rings. The summed E-state index contributed by atoms with van der Waals surface area (Å²) in [4.78, 5) is 0. The molecule has 0 aliphatic rings. The Hall–Kier alpha value is 0.0538. The summed E-state index contributed by atoms with van der Waals surface area (Å²) in [6, 6.07) is 0. The van der Waals surface area contributed by atoms with E-state index in [2.05, 4.69) is 6.58 Å². The first kappa shape index (κ1) is 17.2. The molecular weight excluding hydrogens is 176 g/mol. The van der Waals surface area contributed by atoms with Gasteiger partial charge in [0.1, 0.15) is 0 Å². The predicted molar refractivity (Wildman–Crippen MR) is 55.0 cm³/mol. The maximum atomic E-state index is 4.96. The molecule has 0 aliphatic carbocycles. The van der Waals surface area contributed by atoms with Gasteiger partial charge < -0.3 is 13.3 Å². The zero-order chi connectivity index (χ0) is 7.33. The molecule has 0 rings (SSSR count). The highest BCUT2D eigenvalue weighted by Gasteiger charge is 2.33. The highest BCUT2D eigenvalue weighted by molar-refractivity contribution is 6.66. The van der Waals surface area contributed by atoms with Gasteiger partial charge in [0.05, 0.1) is 0 Å². The van der Waals surface area contributed by atoms with Crippen molar-refractivity contribution in [2.45, 2.75) is 7.43 Å². The SMILES string of the molecule is C.C=C[Si](OC)(OC)OC.[SiH4]. The first-order chi connectivity index (χ1) is 4.24. The fourth-order valence-corrected chi connectivity index (χ4v) is 1.50. The van der Waals surface area contributed by atoms with E-state index in [0.717, 1.165) is 0 Å².